The maximum Gasteiger partial charge on any atom is 0.410 e. The number of rotatable bonds is 9. The summed E-state index contributed by atoms with van der Waals surface area (Å²) >= 11 is 0. The van der Waals surface area contributed by atoms with E-state index in [-0.39, 0.29) is 29.4 Å². The van der Waals surface area contributed by atoms with Crippen molar-refractivity contribution in [2.45, 2.75) is 64.0 Å². The molecule has 2 atom stereocenters. The van der Waals surface area contributed by atoms with Gasteiger partial charge in [-0.05, 0) is 75.6 Å². The zero-order valence-corrected chi connectivity index (χ0v) is 23.2. The number of carboxylic acids is 1. The van der Waals surface area contributed by atoms with Crippen molar-refractivity contribution in [2.24, 2.45) is 5.92 Å². The molecule has 8 nitrogen and oxygen atoms in total. The molecule has 1 N–H and O–H groups in total. The highest BCUT2D eigenvalue weighted by atomic mass is 32.2. The molecule has 1 heterocycles. The van der Waals surface area contributed by atoms with Gasteiger partial charge in [-0.3, -0.25) is 0 Å². The molecule has 1 saturated heterocycles. The van der Waals surface area contributed by atoms with Crippen LogP contribution in [-0.2, 0) is 21.2 Å². The Morgan fingerprint density at radius 2 is 1.66 bits per heavy atom. The Hall–Kier alpha value is -2.91. The van der Waals surface area contributed by atoms with Gasteiger partial charge < -0.3 is 14.7 Å². The summed E-state index contributed by atoms with van der Waals surface area (Å²) in [6.45, 7) is 7.03. The number of amides is 1. The number of hydrogen-bond acceptors (Lipinski definition) is 5. The number of ether oxygens (including phenoxy) is 1. The van der Waals surface area contributed by atoms with Crippen molar-refractivity contribution in [2.75, 3.05) is 25.4 Å². The normalized spacial score (nSPS) is 20.6. The number of sulfonamides is 1. The summed E-state index contributed by atoms with van der Waals surface area (Å²) in [7, 11) is -3.44. The molecule has 1 saturated carbocycles. The van der Waals surface area contributed by atoms with Crippen LogP contribution in [0.3, 0.4) is 0 Å². The van der Waals surface area contributed by atoms with Gasteiger partial charge >= 0.3 is 12.1 Å². The fraction of sp³-hybridized carbons (Fsp3) is 0.517. The second kappa shape index (κ2) is 11.5. The number of carbonyl (C=O) groups is 2. The summed E-state index contributed by atoms with van der Waals surface area (Å²) in [6, 6.07) is 16.6. The van der Waals surface area contributed by atoms with E-state index in [1.807, 2.05) is 43.9 Å². The zero-order chi connectivity index (χ0) is 27.5. The highest BCUT2D eigenvalue weighted by Gasteiger charge is 2.46. The predicted molar refractivity (Wildman–Crippen MR) is 146 cm³/mol. The first-order valence-electron chi connectivity index (χ1n) is 13.3. The van der Waals surface area contributed by atoms with Crippen molar-refractivity contribution in [3.05, 3.63) is 71.3 Å². The van der Waals surface area contributed by atoms with Gasteiger partial charge in [-0.1, -0.05) is 42.5 Å². The van der Waals surface area contributed by atoms with Crippen LogP contribution in [0.5, 0.6) is 0 Å². The van der Waals surface area contributed by atoms with Gasteiger partial charge in [-0.2, -0.15) is 0 Å². The molecule has 206 valence electrons. The molecular weight excluding hydrogens is 504 g/mol. The molecular formula is C29H38N2O6S. The standard InChI is InChI=1S/C29H38N2O6S/c1-29(2,3)37-28(34)31(26-19-25(26)23-7-5-4-6-8-23)20-22-13-16-30(17-14-22)38(35,36)18-15-21-9-11-24(12-10-21)27(32)33/h4-12,22,25-26H,13-20H2,1-3H3,(H,32,33). The summed E-state index contributed by atoms with van der Waals surface area (Å²) in [5, 5.41) is 9.03. The van der Waals surface area contributed by atoms with Crippen LogP contribution in [0.25, 0.3) is 0 Å². The van der Waals surface area contributed by atoms with Gasteiger partial charge in [0.2, 0.25) is 10.0 Å². The van der Waals surface area contributed by atoms with Crippen molar-refractivity contribution >= 4 is 22.1 Å². The Bertz CT molecular complexity index is 1220. The van der Waals surface area contributed by atoms with Gasteiger partial charge in [0.15, 0.2) is 0 Å². The Labute approximate surface area is 225 Å². The van der Waals surface area contributed by atoms with Crippen molar-refractivity contribution in [3.8, 4) is 0 Å². The van der Waals surface area contributed by atoms with Gasteiger partial charge in [0, 0.05) is 31.6 Å². The number of benzene rings is 2. The van der Waals surface area contributed by atoms with Gasteiger partial charge in [0.25, 0.3) is 0 Å². The van der Waals surface area contributed by atoms with Gasteiger partial charge in [0.1, 0.15) is 5.60 Å². The minimum Gasteiger partial charge on any atom is -0.478 e. The topological polar surface area (TPSA) is 104 Å². The minimum absolute atomic E-state index is 0.0189. The molecule has 1 amide bonds. The number of aromatic carboxylic acids is 1. The Balaban J connectivity index is 1.33. The van der Waals surface area contributed by atoms with E-state index in [0.29, 0.717) is 44.8 Å². The second-order valence-corrected chi connectivity index (χ2v) is 13.5. The molecule has 9 heteroatoms. The Morgan fingerprint density at radius 3 is 2.24 bits per heavy atom. The van der Waals surface area contributed by atoms with E-state index in [0.717, 1.165) is 12.0 Å². The number of aryl methyl sites for hydroxylation is 1. The van der Waals surface area contributed by atoms with Crippen LogP contribution >= 0.6 is 0 Å². The monoisotopic (exact) mass is 542 g/mol. The van der Waals surface area contributed by atoms with Crippen LogP contribution < -0.4 is 0 Å². The van der Waals surface area contributed by atoms with Gasteiger partial charge in [-0.15, -0.1) is 0 Å². The summed E-state index contributed by atoms with van der Waals surface area (Å²) in [5.74, 6) is -0.521. The van der Waals surface area contributed by atoms with Crippen LogP contribution in [0.1, 0.15) is 67.4 Å². The third-order valence-electron chi connectivity index (χ3n) is 7.28. The van der Waals surface area contributed by atoms with Gasteiger partial charge in [-0.25, -0.2) is 22.3 Å². The lowest BCUT2D eigenvalue weighted by molar-refractivity contribution is 0.0181. The molecule has 0 aromatic heterocycles. The Morgan fingerprint density at radius 1 is 1.03 bits per heavy atom. The molecule has 4 rings (SSSR count). The molecule has 38 heavy (non-hydrogen) atoms. The first-order chi connectivity index (χ1) is 17.9. The van der Waals surface area contributed by atoms with Crippen molar-refractivity contribution in [1.82, 2.24) is 9.21 Å². The lowest BCUT2D eigenvalue weighted by Gasteiger charge is -2.35. The number of piperidine rings is 1. The van der Waals surface area contributed by atoms with E-state index in [4.69, 9.17) is 9.84 Å². The second-order valence-electron chi connectivity index (χ2n) is 11.4. The van der Waals surface area contributed by atoms with Crippen molar-refractivity contribution in [1.29, 1.82) is 0 Å². The molecule has 0 radical (unpaired) electrons. The smallest absolute Gasteiger partial charge is 0.410 e. The summed E-state index contributed by atoms with van der Waals surface area (Å²) < 4.78 is 33.3. The summed E-state index contributed by atoms with van der Waals surface area (Å²) in [5.41, 5.74) is 1.61. The largest absolute Gasteiger partial charge is 0.478 e. The lowest BCUT2D eigenvalue weighted by Crippen LogP contribution is -2.45. The number of carbonyl (C=O) groups excluding carboxylic acids is 1. The number of carboxylic acid groups (broad SMARTS) is 1. The number of nitrogens with zero attached hydrogens (tertiary/aromatic N) is 2. The van der Waals surface area contributed by atoms with Gasteiger partial charge in [0.05, 0.1) is 11.3 Å². The molecule has 1 aliphatic carbocycles. The fourth-order valence-corrected chi connectivity index (χ4v) is 6.61. The quantitative estimate of drug-likeness (QED) is 0.490. The predicted octanol–water partition coefficient (Wildman–Crippen LogP) is 4.76. The molecule has 2 aromatic carbocycles. The van der Waals surface area contributed by atoms with Crippen LogP contribution in [0, 0.1) is 5.92 Å². The molecule has 0 bridgehead atoms. The summed E-state index contributed by atoms with van der Waals surface area (Å²) in [4.78, 5) is 26.0. The molecule has 2 unspecified atom stereocenters. The third kappa shape index (κ3) is 7.35. The molecule has 2 aromatic rings. The van der Waals surface area contributed by atoms with Crippen LogP contribution in [0.4, 0.5) is 4.79 Å². The van der Waals surface area contributed by atoms with Crippen molar-refractivity contribution < 1.29 is 27.9 Å². The van der Waals surface area contributed by atoms with Crippen LogP contribution in [0.15, 0.2) is 54.6 Å². The minimum atomic E-state index is -3.44. The first-order valence-corrected chi connectivity index (χ1v) is 14.9. The van der Waals surface area contributed by atoms with E-state index >= 15 is 0 Å². The van der Waals surface area contributed by atoms with Crippen molar-refractivity contribution in [3.63, 3.8) is 0 Å². The zero-order valence-electron chi connectivity index (χ0n) is 22.4. The highest BCUT2D eigenvalue weighted by molar-refractivity contribution is 7.89. The average molecular weight is 543 g/mol. The van der Waals surface area contributed by atoms with E-state index in [1.165, 1.54) is 17.7 Å². The van der Waals surface area contributed by atoms with Crippen LogP contribution in [0.2, 0.25) is 0 Å². The first kappa shape index (κ1) is 28.1. The fourth-order valence-electron chi connectivity index (χ4n) is 5.09. The van der Waals surface area contributed by atoms with E-state index in [2.05, 4.69) is 12.1 Å². The molecule has 0 spiro atoms. The SMILES string of the molecule is CC(C)(C)OC(=O)N(CC1CCN(S(=O)(=O)CCc2ccc(C(=O)O)cc2)CC1)C1CC1c1ccccc1. The maximum absolute atomic E-state index is 13.2. The lowest BCUT2D eigenvalue weighted by atomic mass is 9.97. The summed E-state index contributed by atoms with van der Waals surface area (Å²) in [6.07, 6.45) is 2.31. The van der Waals surface area contributed by atoms with E-state index < -0.39 is 21.6 Å². The molecule has 1 aliphatic heterocycles. The maximum atomic E-state index is 13.2. The molecule has 2 fully saturated rings. The van der Waals surface area contributed by atoms with E-state index in [9.17, 15) is 18.0 Å². The Kier molecular flexibility index (Phi) is 8.47. The van der Waals surface area contributed by atoms with Crippen LogP contribution in [-0.4, -0.2) is 71.8 Å². The molecule has 2 aliphatic rings. The average Bonchev–Trinajstić information content (AvgIpc) is 3.67. The third-order valence-corrected chi connectivity index (χ3v) is 9.16. The van der Waals surface area contributed by atoms with E-state index in [1.54, 1.807) is 16.4 Å². The number of hydrogen-bond donors (Lipinski definition) is 1. The highest BCUT2D eigenvalue weighted by Crippen LogP contribution is 2.45.